The zero-order valence-electron chi connectivity index (χ0n) is 20.6. The number of ether oxygens (including phenoxy) is 1. The molecule has 7 nitrogen and oxygen atoms in total. The van der Waals surface area contributed by atoms with E-state index in [1.807, 2.05) is 48.5 Å². The molecule has 8 heteroatoms. The van der Waals surface area contributed by atoms with Gasteiger partial charge in [-0.3, -0.25) is 4.90 Å². The summed E-state index contributed by atoms with van der Waals surface area (Å²) >= 11 is 6.17. The summed E-state index contributed by atoms with van der Waals surface area (Å²) in [7, 11) is 0. The van der Waals surface area contributed by atoms with Crippen LogP contribution in [0.1, 0.15) is 35.7 Å². The van der Waals surface area contributed by atoms with Crippen LogP contribution in [0.2, 0.25) is 5.02 Å². The van der Waals surface area contributed by atoms with Crippen LogP contribution >= 0.6 is 11.6 Å². The van der Waals surface area contributed by atoms with E-state index in [0.29, 0.717) is 41.7 Å². The number of piperazine rings is 1. The van der Waals surface area contributed by atoms with Crippen LogP contribution in [0.4, 0.5) is 11.4 Å². The Balaban J connectivity index is 1.66. The smallest absolute Gasteiger partial charge is 0.187 e. The Bertz CT molecular complexity index is 1280. The molecule has 2 N–H and O–H groups in total. The fourth-order valence-corrected chi connectivity index (χ4v) is 4.84. The summed E-state index contributed by atoms with van der Waals surface area (Å²) in [5.74, 6) is 0.533. The molecule has 0 unspecified atom stereocenters. The predicted molar refractivity (Wildman–Crippen MR) is 144 cm³/mol. The average molecular weight is 517 g/mol. The van der Waals surface area contributed by atoms with E-state index in [0.717, 1.165) is 16.8 Å². The third-order valence-electron chi connectivity index (χ3n) is 6.58. The molecule has 190 valence electrons. The van der Waals surface area contributed by atoms with Crippen LogP contribution in [0.5, 0.6) is 5.75 Å². The molecule has 1 saturated heterocycles. The molecule has 0 aromatic heterocycles. The molecular weight excluding hydrogens is 488 g/mol. The van der Waals surface area contributed by atoms with Gasteiger partial charge in [0.15, 0.2) is 5.69 Å². The van der Waals surface area contributed by atoms with Crippen LogP contribution in [-0.2, 0) is 0 Å². The van der Waals surface area contributed by atoms with Crippen molar-refractivity contribution < 1.29 is 14.9 Å². The summed E-state index contributed by atoms with van der Waals surface area (Å²) in [6.07, 6.45) is -0.607. The maximum absolute atomic E-state index is 10.3. The van der Waals surface area contributed by atoms with Gasteiger partial charge < -0.3 is 19.8 Å². The molecule has 3 atom stereocenters. The lowest BCUT2D eigenvalue weighted by atomic mass is 9.97. The monoisotopic (exact) mass is 516 g/mol. The Morgan fingerprint density at radius 2 is 1.86 bits per heavy atom. The molecule has 0 saturated carbocycles. The first-order chi connectivity index (χ1) is 17.9. The third kappa shape index (κ3) is 6.22. The summed E-state index contributed by atoms with van der Waals surface area (Å²) in [6.45, 7) is 10.9. The van der Waals surface area contributed by atoms with Crippen molar-refractivity contribution in [2.45, 2.75) is 25.1 Å². The highest BCUT2D eigenvalue weighted by Gasteiger charge is 2.33. The van der Waals surface area contributed by atoms with Gasteiger partial charge in [-0.1, -0.05) is 48.0 Å². The summed E-state index contributed by atoms with van der Waals surface area (Å²) in [5, 5.41) is 30.5. The molecule has 1 fully saturated rings. The van der Waals surface area contributed by atoms with Gasteiger partial charge in [0.25, 0.3) is 0 Å². The number of anilines is 1. The fraction of sp³-hybridized carbons (Fsp3) is 0.310. The molecule has 4 rings (SSSR count). The molecule has 37 heavy (non-hydrogen) atoms. The molecule has 0 bridgehead atoms. The van der Waals surface area contributed by atoms with Crippen molar-refractivity contribution in [2.75, 3.05) is 37.7 Å². The normalized spacial score (nSPS) is 17.5. The molecule has 1 heterocycles. The number of aliphatic hydroxyl groups excluding tert-OH is 2. The van der Waals surface area contributed by atoms with E-state index >= 15 is 0 Å². The van der Waals surface area contributed by atoms with Gasteiger partial charge in [0.05, 0.1) is 42.6 Å². The number of halogens is 1. The molecular formula is C29H29ClN4O3. The van der Waals surface area contributed by atoms with Gasteiger partial charge in [0, 0.05) is 24.7 Å². The van der Waals surface area contributed by atoms with Crippen LogP contribution in [-0.4, -0.2) is 54.1 Å². The lowest BCUT2D eigenvalue weighted by Crippen LogP contribution is -2.50. The van der Waals surface area contributed by atoms with E-state index in [1.165, 1.54) is 0 Å². The van der Waals surface area contributed by atoms with Crippen LogP contribution in [0.3, 0.4) is 0 Å². The van der Waals surface area contributed by atoms with Crippen LogP contribution in [0.15, 0.2) is 66.7 Å². The molecule has 1 aliphatic heterocycles. The Morgan fingerprint density at radius 1 is 1.14 bits per heavy atom. The van der Waals surface area contributed by atoms with Crippen LogP contribution in [0.25, 0.3) is 4.85 Å². The lowest BCUT2D eigenvalue weighted by molar-refractivity contribution is 0.103. The molecule has 0 amide bonds. The van der Waals surface area contributed by atoms with E-state index in [2.05, 4.69) is 20.7 Å². The van der Waals surface area contributed by atoms with Gasteiger partial charge in [-0.2, -0.15) is 5.26 Å². The highest BCUT2D eigenvalue weighted by atomic mass is 35.5. The van der Waals surface area contributed by atoms with E-state index in [1.54, 1.807) is 25.1 Å². The lowest BCUT2D eigenvalue weighted by Gasteiger charge is -2.46. The van der Waals surface area contributed by atoms with Crippen molar-refractivity contribution in [1.29, 1.82) is 5.26 Å². The van der Waals surface area contributed by atoms with Crippen molar-refractivity contribution in [3.63, 3.8) is 0 Å². The minimum Gasteiger partial charge on any atom is -0.491 e. The second-order valence-electron chi connectivity index (χ2n) is 9.11. The molecule has 0 aliphatic carbocycles. The number of hydrogen-bond donors (Lipinski definition) is 2. The van der Waals surface area contributed by atoms with Gasteiger partial charge >= 0.3 is 0 Å². The SMILES string of the molecule is [C-]#[N+]c1ccc([C@H](CO)N2CCN(c3ccc(OC[C@H](C)O)cc3C#N)[C@H](c3ccc(Cl)cc3)C2)cc1. The van der Waals surface area contributed by atoms with Crippen molar-refractivity contribution in [3.8, 4) is 11.8 Å². The van der Waals surface area contributed by atoms with Gasteiger partial charge in [-0.15, -0.1) is 0 Å². The first-order valence-corrected chi connectivity index (χ1v) is 12.5. The Labute approximate surface area is 222 Å². The molecule has 0 radical (unpaired) electrons. The maximum atomic E-state index is 10.3. The van der Waals surface area contributed by atoms with Crippen LogP contribution in [0, 0.1) is 17.9 Å². The summed E-state index contributed by atoms with van der Waals surface area (Å²) in [6, 6.07) is 22.5. The van der Waals surface area contributed by atoms with E-state index in [9.17, 15) is 15.5 Å². The Hall–Kier alpha value is -3.59. The molecule has 1 aliphatic rings. The van der Waals surface area contributed by atoms with E-state index in [-0.39, 0.29) is 25.3 Å². The molecule has 3 aromatic carbocycles. The highest BCUT2D eigenvalue weighted by Crippen LogP contribution is 2.37. The predicted octanol–water partition coefficient (Wildman–Crippen LogP) is 5.12. The highest BCUT2D eigenvalue weighted by molar-refractivity contribution is 6.30. The standard InChI is InChI=1S/C29H29ClN4O3/c1-20(36)19-37-26-11-12-27(23(15-26)16-31)34-14-13-33(17-28(34)21-3-7-24(30)8-4-21)29(18-35)22-5-9-25(32-2)10-6-22/h3-12,15,20,28-29,35-36H,13-14,17-19H2,1H3/t20-,28-,29-/m0/s1. The topological polar surface area (TPSA) is 84.3 Å². The number of rotatable bonds is 8. The minimum atomic E-state index is -0.607. The fourth-order valence-electron chi connectivity index (χ4n) is 4.71. The number of benzene rings is 3. The summed E-state index contributed by atoms with van der Waals surface area (Å²) < 4.78 is 5.62. The Morgan fingerprint density at radius 3 is 2.49 bits per heavy atom. The van der Waals surface area contributed by atoms with Gasteiger partial charge in [-0.05, 0) is 48.4 Å². The van der Waals surface area contributed by atoms with Crippen molar-refractivity contribution in [2.24, 2.45) is 0 Å². The number of aliphatic hydroxyl groups is 2. The quantitative estimate of drug-likeness (QED) is 0.404. The molecule has 0 spiro atoms. The zero-order valence-corrected chi connectivity index (χ0v) is 21.3. The van der Waals surface area contributed by atoms with Crippen molar-refractivity contribution in [3.05, 3.63) is 99.9 Å². The summed E-state index contributed by atoms with van der Waals surface area (Å²) in [4.78, 5) is 7.92. The van der Waals surface area contributed by atoms with Gasteiger partial charge in [-0.25, -0.2) is 4.85 Å². The number of nitriles is 1. The average Bonchev–Trinajstić information content (AvgIpc) is 2.93. The largest absolute Gasteiger partial charge is 0.491 e. The molecule has 3 aromatic rings. The first kappa shape index (κ1) is 26.5. The third-order valence-corrected chi connectivity index (χ3v) is 6.83. The van der Waals surface area contributed by atoms with Crippen molar-refractivity contribution >= 4 is 23.0 Å². The van der Waals surface area contributed by atoms with E-state index in [4.69, 9.17) is 22.9 Å². The van der Waals surface area contributed by atoms with Crippen molar-refractivity contribution in [1.82, 2.24) is 4.90 Å². The minimum absolute atomic E-state index is 0.0521. The zero-order chi connectivity index (χ0) is 26.4. The summed E-state index contributed by atoms with van der Waals surface area (Å²) in [5.41, 5.74) is 3.86. The number of hydrogen-bond acceptors (Lipinski definition) is 6. The number of nitrogens with zero attached hydrogens (tertiary/aromatic N) is 4. The second kappa shape index (κ2) is 12.1. The Kier molecular flexibility index (Phi) is 8.66. The van der Waals surface area contributed by atoms with Crippen LogP contribution < -0.4 is 9.64 Å². The second-order valence-corrected chi connectivity index (χ2v) is 9.54. The maximum Gasteiger partial charge on any atom is 0.187 e. The first-order valence-electron chi connectivity index (χ1n) is 12.1. The van der Waals surface area contributed by atoms with E-state index < -0.39 is 6.10 Å². The van der Waals surface area contributed by atoms with Gasteiger partial charge in [0.1, 0.15) is 18.4 Å². The van der Waals surface area contributed by atoms with Gasteiger partial charge in [0.2, 0.25) is 0 Å².